The number of hydrogen-bond donors (Lipinski definition) is 1. The van der Waals surface area contributed by atoms with Crippen molar-refractivity contribution in [2.75, 3.05) is 0 Å². The Morgan fingerprint density at radius 3 is 2.65 bits per heavy atom. The molecule has 0 aliphatic carbocycles. The van der Waals surface area contributed by atoms with Crippen molar-refractivity contribution in [1.82, 2.24) is 4.90 Å². The van der Waals surface area contributed by atoms with Crippen LogP contribution in [0.15, 0.2) is 30.4 Å². The van der Waals surface area contributed by atoms with E-state index in [1.807, 2.05) is 0 Å². The van der Waals surface area contributed by atoms with Gasteiger partial charge < -0.3 is 10.0 Å². The summed E-state index contributed by atoms with van der Waals surface area (Å²) in [6.07, 6.45) is 3.22. The maximum atomic E-state index is 11.7. The molecule has 1 aromatic rings. The summed E-state index contributed by atoms with van der Waals surface area (Å²) in [4.78, 5) is 24.2. The van der Waals surface area contributed by atoms with Crippen molar-refractivity contribution in [2.45, 2.75) is 20.0 Å². The van der Waals surface area contributed by atoms with Crippen LogP contribution in [-0.4, -0.2) is 21.9 Å². The fraction of sp³-hybridized carbons (Fsp3) is 0.231. The van der Waals surface area contributed by atoms with Crippen LogP contribution in [0.2, 0.25) is 0 Å². The van der Waals surface area contributed by atoms with Gasteiger partial charge in [-0.15, -0.1) is 0 Å². The molecule has 0 saturated carbocycles. The highest BCUT2D eigenvalue weighted by Crippen LogP contribution is 2.24. The van der Waals surface area contributed by atoms with Crippen molar-refractivity contribution in [2.24, 2.45) is 0 Å². The van der Waals surface area contributed by atoms with Crippen LogP contribution in [0.5, 0.6) is 0 Å². The third kappa shape index (κ3) is 2.20. The normalized spacial score (nSPS) is 14.1. The van der Waals surface area contributed by atoms with Gasteiger partial charge in [0.15, 0.2) is 0 Å². The standard InChI is InChI=1S/C13H13NO3/c1-2-3-12(15)14-7-10-5-4-9(13(16)17)6-11(10)8-14/h2-6H,7-8H2,1H3,(H,16,17)/b3-2+. The van der Waals surface area contributed by atoms with Gasteiger partial charge in [0.05, 0.1) is 5.56 Å². The monoisotopic (exact) mass is 231 g/mol. The van der Waals surface area contributed by atoms with Gasteiger partial charge in [0, 0.05) is 13.1 Å². The number of aromatic carboxylic acids is 1. The lowest BCUT2D eigenvalue weighted by Crippen LogP contribution is -2.22. The molecule has 4 nitrogen and oxygen atoms in total. The van der Waals surface area contributed by atoms with Crippen LogP contribution in [-0.2, 0) is 17.9 Å². The number of carbonyl (C=O) groups excluding carboxylic acids is 1. The largest absolute Gasteiger partial charge is 0.478 e. The number of carbonyl (C=O) groups is 2. The lowest BCUT2D eigenvalue weighted by Gasteiger charge is -2.11. The van der Waals surface area contributed by atoms with Crippen LogP contribution in [0.1, 0.15) is 28.4 Å². The molecule has 1 amide bonds. The van der Waals surface area contributed by atoms with E-state index in [-0.39, 0.29) is 11.5 Å². The molecule has 1 N–H and O–H groups in total. The second-order valence-electron chi connectivity index (χ2n) is 3.98. The van der Waals surface area contributed by atoms with E-state index in [1.54, 1.807) is 36.1 Å². The quantitative estimate of drug-likeness (QED) is 0.789. The SMILES string of the molecule is C/C=C/C(=O)N1Cc2ccc(C(=O)O)cc2C1. The van der Waals surface area contributed by atoms with E-state index in [1.165, 1.54) is 6.08 Å². The van der Waals surface area contributed by atoms with E-state index in [2.05, 4.69) is 0 Å². The molecule has 88 valence electrons. The second kappa shape index (κ2) is 4.41. The molecule has 0 saturated heterocycles. The number of benzene rings is 1. The molecule has 0 spiro atoms. The molecule has 1 aliphatic heterocycles. The van der Waals surface area contributed by atoms with Crippen molar-refractivity contribution >= 4 is 11.9 Å². The predicted molar refractivity (Wildman–Crippen MR) is 62.5 cm³/mol. The molecule has 2 rings (SSSR count). The summed E-state index contributed by atoms with van der Waals surface area (Å²) in [5.41, 5.74) is 2.21. The average Bonchev–Trinajstić information content (AvgIpc) is 2.71. The zero-order valence-corrected chi connectivity index (χ0v) is 9.51. The van der Waals surface area contributed by atoms with Gasteiger partial charge in [-0.2, -0.15) is 0 Å². The maximum absolute atomic E-state index is 11.7. The minimum Gasteiger partial charge on any atom is -0.478 e. The fourth-order valence-electron chi connectivity index (χ4n) is 1.93. The van der Waals surface area contributed by atoms with Crippen molar-refractivity contribution in [3.8, 4) is 0 Å². The molecular formula is C13H13NO3. The smallest absolute Gasteiger partial charge is 0.335 e. The Morgan fingerprint density at radius 1 is 1.29 bits per heavy atom. The van der Waals surface area contributed by atoms with Gasteiger partial charge >= 0.3 is 5.97 Å². The van der Waals surface area contributed by atoms with E-state index in [9.17, 15) is 9.59 Å². The molecule has 1 heterocycles. The summed E-state index contributed by atoms with van der Waals surface area (Å²) in [6, 6.07) is 4.99. The number of carboxylic acid groups (broad SMARTS) is 1. The van der Waals surface area contributed by atoms with Crippen LogP contribution in [0.3, 0.4) is 0 Å². The first-order valence-corrected chi connectivity index (χ1v) is 5.38. The van der Waals surface area contributed by atoms with Crippen LogP contribution < -0.4 is 0 Å². The van der Waals surface area contributed by atoms with Gasteiger partial charge in [-0.25, -0.2) is 4.79 Å². The van der Waals surface area contributed by atoms with Crippen LogP contribution in [0.25, 0.3) is 0 Å². The molecule has 1 aliphatic rings. The number of fused-ring (bicyclic) bond motifs is 1. The summed E-state index contributed by atoms with van der Waals surface area (Å²) < 4.78 is 0. The summed E-state index contributed by atoms with van der Waals surface area (Å²) in [5, 5.41) is 8.88. The molecule has 0 atom stereocenters. The summed E-state index contributed by atoms with van der Waals surface area (Å²) >= 11 is 0. The van der Waals surface area contributed by atoms with Crippen LogP contribution in [0, 0.1) is 0 Å². The van der Waals surface area contributed by atoms with Crippen LogP contribution >= 0.6 is 0 Å². The van der Waals surface area contributed by atoms with Gasteiger partial charge in [-0.3, -0.25) is 4.79 Å². The molecular weight excluding hydrogens is 218 g/mol. The molecule has 0 fully saturated rings. The number of allylic oxidation sites excluding steroid dienone is 1. The summed E-state index contributed by atoms with van der Waals surface area (Å²) in [7, 11) is 0. The molecule has 1 aromatic carbocycles. The molecule has 0 radical (unpaired) electrons. The predicted octanol–water partition coefficient (Wildman–Crippen LogP) is 1.80. The van der Waals surface area contributed by atoms with Crippen molar-refractivity contribution < 1.29 is 14.7 Å². The van der Waals surface area contributed by atoms with E-state index in [4.69, 9.17) is 5.11 Å². The van der Waals surface area contributed by atoms with Crippen molar-refractivity contribution in [3.63, 3.8) is 0 Å². The Labute approximate surface area is 99.2 Å². The number of hydrogen-bond acceptors (Lipinski definition) is 2. The number of carboxylic acids is 1. The van der Waals surface area contributed by atoms with Gasteiger partial charge in [0.1, 0.15) is 0 Å². The van der Waals surface area contributed by atoms with Crippen LogP contribution in [0.4, 0.5) is 0 Å². The highest BCUT2D eigenvalue weighted by atomic mass is 16.4. The maximum Gasteiger partial charge on any atom is 0.335 e. The number of nitrogens with zero attached hydrogens (tertiary/aromatic N) is 1. The van der Waals surface area contributed by atoms with Crippen molar-refractivity contribution in [3.05, 3.63) is 47.0 Å². The lowest BCUT2D eigenvalue weighted by molar-refractivity contribution is -0.126. The van der Waals surface area contributed by atoms with E-state index >= 15 is 0 Å². The first-order valence-electron chi connectivity index (χ1n) is 5.38. The van der Waals surface area contributed by atoms with E-state index < -0.39 is 5.97 Å². The van der Waals surface area contributed by atoms with E-state index in [0.29, 0.717) is 13.1 Å². The number of rotatable bonds is 2. The van der Waals surface area contributed by atoms with E-state index in [0.717, 1.165) is 11.1 Å². The zero-order chi connectivity index (χ0) is 12.4. The highest BCUT2D eigenvalue weighted by Gasteiger charge is 2.22. The minimum atomic E-state index is -0.939. The minimum absolute atomic E-state index is 0.0411. The number of amides is 1. The third-order valence-electron chi connectivity index (χ3n) is 2.80. The topological polar surface area (TPSA) is 57.6 Å². The molecule has 0 bridgehead atoms. The van der Waals surface area contributed by atoms with Crippen molar-refractivity contribution in [1.29, 1.82) is 0 Å². The summed E-state index contributed by atoms with van der Waals surface area (Å²) in [6.45, 7) is 2.83. The van der Waals surface area contributed by atoms with Gasteiger partial charge in [-0.05, 0) is 36.3 Å². The van der Waals surface area contributed by atoms with Gasteiger partial charge in [-0.1, -0.05) is 12.1 Å². The molecule has 0 unspecified atom stereocenters. The molecule has 4 heteroatoms. The second-order valence-corrected chi connectivity index (χ2v) is 3.98. The van der Waals surface area contributed by atoms with Gasteiger partial charge in [0.2, 0.25) is 5.91 Å². The average molecular weight is 231 g/mol. The summed E-state index contributed by atoms with van der Waals surface area (Å²) in [5.74, 6) is -0.980. The Hall–Kier alpha value is -2.10. The Morgan fingerprint density at radius 2 is 2.00 bits per heavy atom. The highest BCUT2D eigenvalue weighted by molar-refractivity contribution is 5.89. The van der Waals surface area contributed by atoms with Gasteiger partial charge in [0.25, 0.3) is 0 Å². The lowest BCUT2D eigenvalue weighted by atomic mass is 10.1. The molecule has 17 heavy (non-hydrogen) atoms. The third-order valence-corrected chi connectivity index (χ3v) is 2.80. The first-order chi connectivity index (χ1) is 8.11. The first kappa shape index (κ1) is 11.4. The fourth-order valence-corrected chi connectivity index (χ4v) is 1.93. The zero-order valence-electron chi connectivity index (χ0n) is 9.51. The molecule has 0 aromatic heterocycles. The Balaban J connectivity index is 2.22. The Kier molecular flexibility index (Phi) is 2.95. The Bertz CT molecular complexity index is 505.